The van der Waals surface area contributed by atoms with Crippen molar-refractivity contribution in [3.8, 4) is 30.0 Å². The predicted octanol–water partition coefficient (Wildman–Crippen LogP) is 1.93. The van der Waals surface area contributed by atoms with E-state index in [1.807, 2.05) is 24.3 Å². The highest BCUT2D eigenvalue weighted by atomic mass is 16.4. The molecule has 0 radical (unpaired) electrons. The topological polar surface area (TPSA) is 95.7 Å². The minimum atomic E-state index is 0.427. The molecule has 7 heteroatoms. The second-order valence-electron chi connectivity index (χ2n) is 4.45. The molecule has 1 aromatic carbocycles. The van der Waals surface area contributed by atoms with E-state index >= 15 is 0 Å². The summed E-state index contributed by atoms with van der Waals surface area (Å²) in [5.41, 5.74) is 7.97. The second-order valence-corrected chi connectivity index (χ2v) is 4.45. The van der Waals surface area contributed by atoms with Gasteiger partial charge in [0.1, 0.15) is 0 Å². The van der Waals surface area contributed by atoms with Crippen LogP contribution in [0.2, 0.25) is 0 Å². The van der Waals surface area contributed by atoms with Crippen LogP contribution < -0.4 is 5.73 Å². The lowest BCUT2D eigenvalue weighted by Gasteiger charge is -2.00. The van der Waals surface area contributed by atoms with Crippen molar-refractivity contribution in [1.82, 2.24) is 25.2 Å². The number of rotatable bonds is 5. The fraction of sp³-hybridized carbons (Fsp3) is 0.125. The molecular weight excluding hydrogens is 292 g/mol. The maximum absolute atomic E-state index is 5.60. The molecular formula is C16H16N6O. The highest BCUT2D eigenvalue weighted by Gasteiger charge is 2.11. The first-order valence-corrected chi connectivity index (χ1v) is 6.80. The van der Waals surface area contributed by atoms with Crippen LogP contribution >= 0.6 is 0 Å². The molecule has 0 aliphatic carbocycles. The van der Waals surface area contributed by atoms with Gasteiger partial charge in [-0.15, -0.1) is 28.1 Å². The Morgan fingerprint density at radius 3 is 2.57 bits per heavy atom. The molecule has 116 valence electrons. The van der Waals surface area contributed by atoms with Crippen molar-refractivity contribution in [2.24, 2.45) is 5.73 Å². The first kappa shape index (κ1) is 16.1. The van der Waals surface area contributed by atoms with E-state index in [0.29, 0.717) is 24.7 Å². The molecule has 3 rings (SSSR count). The van der Waals surface area contributed by atoms with Gasteiger partial charge in [-0.3, -0.25) is 0 Å². The summed E-state index contributed by atoms with van der Waals surface area (Å²) in [5.74, 6) is 0.879. The molecule has 2 N–H and O–H groups in total. The van der Waals surface area contributed by atoms with Crippen molar-refractivity contribution in [1.29, 1.82) is 0 Å². The van der Waals surface area contributed by atoms with Crippen LogP contribution in [0.3, 0.4) is 0 Å². The molecule has 0 unspecified atom stereocenters. The molecule has 3 aromatic rings. The predicted molar refractivity (Wildman–Crippen MR) is 87.2 cm³/mol. The van der Waals surface area contributed by atoms with Gasteiger partial charge in [-0.1, -0.05) is 11.8 Å². The normalized spacial score (nSPS) is 9.87. The first-order chi connectivity index (χ1) is 11.3. The lowest BCUT2D eigenvalue weighted by Crippen LogP contribution is -1.99. The van der Waals surface area contributed by atoms with Crippen molar-refractivity contribution >= 4 is 5.57 Å². The molecule has 0 saturated carbocycles. The van der Waals surface area contributed by atoms with Crippen LogP contribution in [0, 0.1) is 12.8 Å². The van der Waals surface area contributed by atoms with Crippen LogP contribution in [0.4, 0.5) is 0 Å². The summed E-state index contributed by atoms with van der Waals surface area (Å²) < 4.78 is 7.28. The van der Waals surface area contributed by atoms with Crippen molar-refractivity contribution in [2.45, 2.75) is 6.42 Å². The summed E-state index contributed by atoms with van der Waals surface area (Å²) in [6.07, 6.45) is 12.0. The average molecular weight is 308 g/mol. The van der Waals surface area contributed by atoms with E-state index in [-0.39, 0.29) is 0 Å². The Kier molecular flexibility index (Phi) is 5.39. The molecule has 0 aliphatic heterocycles. The lowest BCUT2D eigenvalue weighted by atomic mass is 10.2. The van der Waals surface area contributed by atoms with Gasteiger partial charge in [-0.05, 0) is 37.2 Å². The zero-order valence-electron chi connectivity index (χ0n) is 12.5. The van der Waals surface area contributed by atoms with E-state index in [9.17, 15) is 0 Å². The molecule has 0 saturated heterocycles. The molecule has 0 spiro atoms. The highest BCUT2D eigenvalue weighted by Crippen LogP contribution is 2.22. The third-order valence-corrected chi connectivity index (χ3v) is 2.97. The van der Waals surface area contributed by atoms with Crippen molar-refractivity contribution < 1.29 is 4.42 Å². The third kappa shape index (κ3) is 3.70. The van der Waals surface area contributed by atoms with Gasteiger partial charge in [-0.2, -0.15) is 0 Å². The van der Waals surface area contributed by atoms with Crippen molar-refractivity contribution in [3.63, 3.8) is 0 Å². The molecule has 23 heavy (non-hydrogen) atoms. The molecule has 2 heterocycles. The Labute approximate surface area is 133 Å². The van der Waals surface area contributed by atoms with Crippen LogP contribution in [0.15, 0.2) is 47.7 Å². The molecule has 0 aliphatic rings. The van der Waals surface area contributed by atoms with E-state index < -0.39 is 0 Å². The van der Waals surface area contributed by atoms with E-state index in [4.69, 9.17) is 10.2 Å². The standard InChI is InChI=1S/C14H14N6O.C2H2/c1-10(6-7-15)13-17-18-14(21-13)11-2-4-12(5-3-11)20-9-8-16-19-20;1-2/h2-5,8-9H,1,6-7,15H2;1-2H. The number of hydrogen-bond donors (Lipinski definition) is 1. The summed E-state index contributed by atoms with van der Waals surface area (Å²) >= 11 is 0. The maximum atomic E-state index is 5.60. The molecule has 2 aromatic heterocycles. The van der Waals surface area contributed by atoms with Crippen LogP contribution in [-0.4, -0.2) is 31.7 Å². The minimum Gasteiger partial charge on any atom is -0.417 e. The summed E-state index contributed by atoms with van der Waals surface area (Å²) in [5, 5.41) is 15.7. The Bertz CT molecular complexity index is 771. The van der Waals surface area contributed by atoms with E-state index in [1.165, 1.54) is 0 Å². The average Bonchev–Trinajstić information content (AvgIpc) is 3.29. The number of terminal acetylenes is 1. The number of hydrogen-bond acceptors (Lipinski definition) is 6. The van der Waals surface area contributed by atoms with Gasteiger partial charge in [0.05, 0.1) is 18.1 Å². The monoisotopic (exact) mass is 308 g/mol. The summed E-state index contributed by atoms with van der Waals surface area (Å²) in [4.78, 5) is 0. The summed E-state index contributed by atoms with van der Waals surface area (Å²) in [6.45, 7) is 4.38. The quantitative estimate of drug-likeness (QED) is 0.724. The van der Waals surface area contributed by atoms with Crippen molar-refractivity contribution in [2.75, 3.05) is 6.54 Å². The van der Waals surface area contributed by atoms with E-state index in [2.05, 4.69) is 39.9 Å². The van der Waals surface area contributed by atoms with Gasteiger partial charge in [0.2, 0.25) is 11.8 Å². The first-order valence-electron chi connectivity index (χ1n) is 6.80. The summed E-state index contributed by atoms with van der Waals surface area (Å²) in [6, 6.07) is 7.59. The lowest BCUT2D eigenvalue weighted by molar-refractivity contribution is 0.550. The van der Waals surface area contributed by atoms with Gasteiger partial charge in [0.25, 0.3) is 0 Å². The van der Waals surface area contributed by atoms with Crippen molar-refractivity contribution in [3.05, 3.63) is 49.1 Å². The largest absolute Gasteiger partial charge is 0.417 e. The Balaban J connectivity index is 0.000000924. The van der Waals surface area contributed by atoms with Crippen LogP contribution in [-0.2, 0) is 0 Å². The number of nitrogens with two attached hydrogens (primary N) is 1. The van der Waals surface area contributed by atoms with Gasteiger partial charge in [-0.25, -0.2) is 4.68 Å². The molecule has 0 atom stereocenters. The second kappa shape index (κ2) is 7.68. The summed E-state index contributed by atoms with van der Waals surface area (Å²) in [7, 11) is 0. The zero-order valence-corrected chi connectivity index (χ0v) is 12.5. The van der Waals surface area contributed by atoms with Crippen LogP contribution in [0.1, 0.15) is 12.3 Å². The fourth-order valence-electron chi connectivity index (χ4n) is 1.87. The number of benzene rings is 1. The Hall–Kier alpha value is -3.24. The minimum absolute atomic E-state index is 0.427. The van der Waals surface area contributed by atoms with E-state index in [1.54, 1.807) is 17.1 Å². The van der Waals surface area contributed by atoms with Crippen LogP contribution in [0.25, 0.3) is 22.7 Å². The molecule has 7 nitrogen and oxygen atoms in total. The number of aromatic nitrogens is 5. The number of nitrogens with zero attached hydrogens (tertiary/aromatic N) is 5. The highest BCUT2D eigenvalue weighted by molar-refractivity contribution is 5.59. The smallest absolute Gasteiger partial charge is 0.248 e. The Morgan fingerprint density at radius 2 is 1.96 bits per heavy atom. The zero-order chi connectivity index (χ0) is 16.7. The van der Waals surface area contributed by atoms with Gasteiger partial charge >= 0.3 is 0 Å². The van der Waals surface area contributed by atoms with Crippen LogP contribution in [0.5, 0.6) is 0 Å². The maximum Gasteiger partial charge on any atom is 0.248 e. The molecule has 0 fully saturated rings. The van der Waals surface area contributed by atoms with Gasteiger partial charge in [0, 0.05) is 11.1 Å². The van der Waals surface area contributed by atoms with Gasteiger partial charge in [0.15, 0.2) is 0 Å². The molecule has 0 bridgehead atoms. The Morgan fingerprint density at radius 1 is 1.22 bits per heavy atom. The third-order valence-electron chi connectivity index (χ3n) is 2.97. The SMILES string of the molecule is C#C.C=C(CCN)c1nnc(-c2ccc(-n3ccnn3)cc2)o1. The van der Waals surface area contributed by atoms with Gasteiger partial charge < -0.3 is 10.2 Å². The van der Waals surface area contributed by atoms with E-state index in [0.717, 1.165) is 16.8 Å². The fourth-order valence-corrected chi connectivity index (χ4v) is 1.87. The molecule has 0 amide bonds.